The maximum Gasteiger partial charge on any atom is 0.232 e. The normalized spacial score (nSPS) is 18.7. The van der Waals surface area contributed by atoms with Crippen molar-refractivity contribution in [3.05, 3.63) is 29.8 Å². The van der Waals surface area contributed by atoms with Crippen LogP contribution in [0, 0.1) is 0 Å². The third-order valence-electron chi connectivity index (χ3n) is 2.67. The molecule has 1 aromatic carbocycles. The number of hydrogen-bond acceptors (Lipinski definition) is 2. The Hall–Kier alpha value is -1.35. The van der Waals surface area contributed by atoms with Crippen molar-refractivity contribution >= 4 is 11.6 Å². The van der Waals surface area contributed by atoms with Crippen LogP contribution in [0.4, 0.5) is 5.69 Å². The molecule has 0 aromatic heterocycles. The predicted octanol–water partition coefficient (Wildman–Crippen LogP) is 2.15. The molecule has 2 rings (SSSR count). The van der Waals surface area contributed by atoms with Crippen molar-refractivity contribution in [1.29, 1.82) is 0 Å². The summed E-state index contributed by atoms with van der Waals surface area (Å²) in [5, 5.41) is 2.88. The summed E-state index contributed by atoms with van der Waals surface area (Å²) in [5.74, 6) is 0.0589. The minimum absolute atomic E-state index is 0.0345. The Bertz CT molecular complexity index is 362. The lowest BCUT2D eigenvalue weighted by Crippen LogP contribution is -2.14. The second-order valence-electron chi connectivity index (χ2n) is 3.61. The standard InChI is InChI=1S/C12H15NO2/c1-2-15-8-7-10-9-5-3-4-6-11(9)13-12(10)14/h3-6,10H,2,7-8H2,1H3,(H,13,14)/t10-/m0/s1. The number of amides is 1. The third kappa shape index (κ3) is 2.02. The first kappa shape index (κ1) is 10.2. The van der Waals surface area contributed by atoms with Crippen LogP contribution >= 0.6 is 0 Å². The van der Waals surface area contributed by atoms with Crippen molar-refractivity contribution in [2.75, 3.05) is 18.5 Å². The van der Waals surface area contributed by atoms with Crippen molar-refractivity contribution < 1.29 is 9.53 Å². The van der Waals surface area contributed by atoms with E-state index in [0.717, 1.165) is 17.7 Å². The number of ether oxygens (including phenoxy) is 1. The van der Waals surface area contributed by atoms with E-state index in [1.807, 2.05) is 31.2 Å². The first-order valence-electron chi connectivity index (χ1n) is 5.30. The van der Waals surface area contributed by atoms with Gasteiger partial charge in [-0.3, -0.25) is 4.79 Å². The van der Waals surface area contributed by atoms with Gasteiger partial charge in [-0.25, -0.2) is 0 Å². The number of nitrogens with one attached hydrogen (secondary N) is 1. The van der Waals surface area contributed by atoms with E-state index in [0.29, 0.717) is 13.2 Å². The maximum absolute atomic E-state index is 11.7. The molecule has 3 heteroatoms. The molecule has 3 nitrogen and oxygen atoms in total. The Kier molecular flexibility index (Phi) is 3.02. The molecule has 0 aliphatic carbocycles. The number of anilines is 1. The Morgan fingerprint density at radius 2 is 2.20 bits per heavy atom. The Morgan fingerprint density at radius 3 is 3.00 bits per heavy atom. The third-order valence-corrected chi connectivity index (χ3v) is 2.67. The maximum atomic E-state index is 11.7. The average Bonchev–Trinajstić information content (AvgIpc) is 2.56. The van der Waals surface area contributed by atoms with Crippen molar-refractivity contribution in [3.63, 3.8) is 0 Å². The zero-order valence-electron chi connectivity index (χ0n) is 8.82. The van der Waals surface area contributed by atoms with Crippen molar-refractivity contribution in [3.8, 4) is 0 Å². The SMILES string of the molecule is CCOCC[C@@H]1C(=O)Nc2ccccc21. The molecular formula is C12H15NO2. The van der Waals surface area contributed by atoms with Crippen LogP contribution in [0.2, 0.25) is 0 Å². The number of para-hydroxylation sites is 1. The Balaban J connectivity index is 2.08. The molecule has 0 saturated carbocycles. The van der Waals surface area contributed by atoms with Crippen LogP contribution in [0.3, 0.4) is 0 Å². The summed E-state index contributed by atoms with van der Waals surface area (Å²) < 4.78 is 5.28. The molecule has 1 N–H and O–H groups in total. The first-order chi connectivity index (χ1) is 7.33. The second-order valence-corrected chi connectivity index (χ2v) is 3.61. The topological polar surface area (TPSA) is 38.3 Å². The van der Waals surface area contributed by atoms with E-state index in [4.69, 9.17) is 4.74 Å². The van der Waals surface area contributed by atoms with Crippen LogP contribution in [0.15, 0.2) is 24.3 Å². The summed E-state index contributed by atoms with van der Waals surface area (Å²) >= 11 is 0. The van der Waals surface area contributed by atoms with Crippen LogP contribution < -0.4 is 5.32 Å². The lowest BCUT2D eigenvalue weighted by atomic mass is 9.98. The molecule has 0 fully saturated rings. The van der Waals surface area contributed by atoms with Gasteiger partial charge in [0.2, 0.25) is 5.91 Å². The van der Waals surface area contributed by atoms with Gasteiger partial charge in [0.25, 0.3) is 0 Å². The van der Waals surface area contributed by atoms with Gasteiger partial charge in [-0.1, -0.05) is 18.2 Å². The van der Waals surface area contributed by atoms with E-state index in [9.17, 15) is 4.79 Å². The number of rotatable bonds is 4. The van der Waals surface area contributed by atoms with E-state index in [1.165, 1.54) is 0 Å². The van der Waals surface area contributed by atoms with E-state index < -0.39 is 0 Å². The molecular weight excluding hydrogens is 190 g/mol. The highest BCUT2D eigenvalue weighted by molar-refractivity contribution is 6.02. The van der Waals surface area contributed by atoms with Gasteiger partial charge in [0, 0.05) is 18.9 Å². The second kappa shape index (κ2) is 4.45. The molecule has 1 aliphatic heterocycles. The monoisotopic (exact) mass is 205 g/mol. The van der Waals surface area contributed by atoms with Gasteiger partial charge in [0.1, 0.15) is 0 Å². The van der Waals surface area contributed by atoms with E-state index in [1.54, 1.807) is 0 Å². The summed E-state index contributed by atoms with van der Waals surface area (Å²) in [6, 6.07) is 7.84. The highest BCUT2D eigenvalue weighted by atomic mass is 16.5. The summed E-state index contributed by atoms with van der Waals surface area (Å²) in [5.41, 5.74) is 2.05. The molecule has 1 atom stereocenters. The minimum Gasteiger partial charge on any atom is -0.382 e. The molecule has 0 radical (unpaired) electrons. The molecule has 80 valence electrons. The smallest absolute Gasteiger partial charge is 0.232 e. The van der Waals surface area contributed by atoms with Crippen LogP contribution in [0.5, 0.6) is 0 Å². The predicted molar refractivity (Wildman–Crippen MR) is 58.9 cm³/mol. The molecule has 1 aromatic rings. The van der Waals surface area contributed by atoms with Gasteiger partial charge in [0.15, 0.2) is 0 Å². The Labute approximate surface area is 89.4 Å². The van der Waals surface area contributed by atoms with Crippen molar-refractivity contribution in [2.45, 2.75) is 19.3 Å². The van der Waals surface area contributed by atoms with Crippen LogP contribution in [0.1, 0.15) is 24.8 Å². The Morgan fingerprint density at radius 1 is 1.40 bits per heavy atom. The molecule has 1 amide bonds. The zero-order valence-corrected chi connectivity index (χ0v) is 8.82. The first-order valence-corrected chi connectivity index (χ1v) is 5.30. The molecule has 0 spiro atoms. The zero-order chi connectivity index (χ0) is 10.7. The van der Waals surface area contributed by atoms with Crippen molar-refractivity contribution in [2.24, 2.45) is 0 Å². The lowest BCUT2D eigenvalue weighted by Gasteiger charge is -2.07. The van der Waals surface area contributed by atoms with Crippen LogP contribution in [-0.4, -0.2) is 19.1 Å². The fourth-order valence-corrected chi connectivity index (χ4v) is 1.91. The average molecular weight is 205 g/mol. The number of carbonyl (C=O) groups is 1. The van der Waals surface area contributed by atoms with Crippen molar-refractivity contribution in [1.82, 2.24) is 0 Å². The lowest BCUT2D eigenvalue weighted by molar-refractivity contribution is -0.117. The number of fused-ring (bicyclic) bond motifs is 1. The van der Waals surface area contributed by atoms with Gasteiger partial charge in [0.05, 0.1) is 5.92 Å². The summed E-state index contributed by atoms with van der Waals surface area (Å²) in [6.07, 6.45) is 0.761. The van der Waals surface area contributed by atoms with Crippen LogP contribution in [-0.2, 0) is 9.53 Å². The number of hydrogen-bond donors (Lipinski definition) is 1. The fraction of sp³-hybridized carbons (Fsp3) is 0.417. The summed E-state index contributed by atoms with van der Waals surface area (Å²) in [4.78, 5) is 11.7. The number of benzene rings is 1. The number of carbonyl (C=O) groups excluding carboxylic acids is 1. The van der Waals surface area contributed by atoms with E-state index in [2.05, 4.69) is 5.32 Å². The molecule has 0 unspecified atom stereocenters. The molecule has 0 bridgehead atoms. The van der Waals surface area contributed by atoms with Gasteiger partial charge in [-0.05, 0) is 25.0 Å². The molecule has 15 heavy (non-hydrogen) atoms. The van der Waals surface area contributed by atoms with E-state index >= 15 is 0 Å². The molecule has 1 aliphatic rings. The summed E-state index contributed by atoms with van der Waals surface area (Å²) in [7, 11) is 0. The van der Waals surface area contributed by atoms with E-state index in [-0.39, 0.29) is 11.8 Å². The van der Waals surface area contributed by atoms with Gasteiger partial charge in [-0.15, -0.1) is 0 Å². The fourth-order valence-electron chi connectivity index (χ4n) is 1.91. The minimum atomic E-state index is -0.0345. The largest absolute Gasteiger partial charge is 0.382 e. The van der Waals surface area contributed by atoms with Gasteiger partial charge < -0.3 is 10.1 Å². The quantitative estimate of drug-likeness (QED) is 0.765. The van der Waals surface area contributed by atoms with Crippen LogP contribution in [0.25, 0.3) is 0 Å². The summed E-state index contributed by atoms with van der Waals surface area (Å²) in [6.45, 7) is 3.31. The van der Waals surface area contributed by atoms with Gasteiger partial charge in [-0.2, -0.15) is 0 Å². The molecule has 0 saturated heterocycles. The van der Waals surface area contributed by atoms with Gasteiger partial charge >= 0.3 is 0 Å². The highest BCUT2D eigenvalue weighted by Gasteiger charge is 2.29. The highest BCUT2D eigenvalue weighted by Crippen LogP contribution is 2.34. The molecule has 1 heterocycles.